The van der Waals surface area contributed by atoms with Crippen LogP contribution in [0.2, 0.25) is 0 Å². The second-order valence-corrected chi connectivity index (χ2v) is 8.70. The zero-order valence-corrected chi connectivity index (χ0v) is 17.0. The maximum atomic E-state index is 12.8. The van der Waals surface area contributed by atoms with Gasteiger partial charge in [-0.1, -0.05) is 30.3 Å². The fourth-order valence-electron chi connectivity index (χ4n) is 5.22. The van der Waals surface area contributed by atoms with Gasteiger partial charge in [-0.2, -0.15) is 0 Å². The van der Waals surface area contributed by atoms with Crippen molar-refractivity contribution >= 4 is 11.5 Å². The van der Waals surface area contributed by atoms with E-state index in [1.54, 1.807) is 12.4 Å². The number of hydrogen-bond acceptors (Lipinski definition) is 3. The Morgan fingerprint density at radius 1 is 1.00 bits per heavy atom. The quantitative estimate of drug-likeness (QED) is 0.781. The Hall–Kier alpha value is -2.46. The fraction of sp³-hybridized carbons (Fsp3) is 0.440. The number of carbonyl (C=O) groups excluding carboxylic acids is 1. The minimum atomic E-state index is 0.137. The van der Waals surface area contributed by atoms with Gasteiger partial charge in [0.2, 0.25) is 0 Å². The Bertz CT molecular complexity index is 884. The average molecular weight is 388 g/mol. The van der Waals surface area contributed by atoms with Crippen LogP contribution in [0.1, 0.15) is 40.7 Å². The Morgan fingerprint density at radius 2 is 1.76 bits per heavy atom. The van der Waals surface area contributed by atoms with E-state index in [1.165, 1.54) is 49.2 Å². The lowest BCUT2D eigenvalue weighted by Gasteiger charge is -2.18. The molecule has 4 nitrogen and oxygen atoms in total. The number of rotatable bonds is 5. The lowest BCUT2D eigenvalue weighted by molar-refractivity contribution is 0.0785. The van der Waals surface area contributed by atoms with Crippen LogP contribution in [0, 0.1) is 11.8 Å². The third kappa shape index (κ3) is 3.86. The Balaban J connectivity index is 1.22. The van der Waals surface area contributed by atoms with Crippen molar-refractivity contribution in [1.29, 1.82) is 0 Å². The highest BCUT2D eigenvalue weighted by Gasteiger charge is 2.40. The third-order valence-corrected chi connectivity index (χ3v) is 6.90. The molecule has 0 N–H and O–H groups in total. The lowest BCUT2D eigenvalue weighted by Crippen LogP contribution is -2.29. The molecule has 29 heavy (non-hydrogen) atoms. The zero-order valence-electron chi connectivity index (χ0n) is 17.0. The summed E-state index contributed by atoms with van der Waals surface area (Å²) in [6.45, 7) is 5.40. The summed E-state index contributed by atoms with van der Waals surface area (Å²) in [5.41, 5.74) is 4.94. The molecular weight excluding hydrogens is 358 g/mol. The molecule has 1 aromatic heterocycles. The molecule has 2 fully saturated rings. The van der Waals surface area contributed by atoms with E-state index in [0.29, 0.717) is 11.8 Å². The first-order valence-corrected chi connectivity index (χ1v) is 11.0. The van der Waals surface area contributed by atoms with E-state index in [0.717, 1.165) is 31.5 Å². The normalized spacial score (nSPS) is 24.0. The summed E-state index contributed by atoms with van der Waals surface area (Å²) in [5.74, 6) is 1.17. The molecule has 2 unspecified atom stereocenters. The number of nitrogens with zero attached hydrogens (tertiary/aromatic N) is 3. The van der Waals surface area contributed by atoms with Gasteiger partial charge in [0.25, 0.3) is 5.91 Å². The molecule has 0 radical (unpaired) electrons. The highest BCUT2D eigenvalue weighted by Crippen LogP contribution is 2.43. The van der Waals surface area contributed by atoms with Crippen molar-refractivity contribution in [1.82, 2.24) is 14.8 Å². The number of carbonyl (C=O) groups is 1. The number of hydrogen-bond donors (Lipinski definition) is 0. The van der Waals surface area contributed by atoms with E-state index in [2.05, 4.69) is 40.2 Å². The van der Waals surface area contributed by atoms with Crippen LogP contribution in [0.5, 0.6) is 0 Å². The smallest absolute Gasteiger partial charge is 0.253 e. The first kappa shape index (κ1) is 18.6. The van der Waals surface area contributed by atoms with Crippen molar-refractivity contribution in [2.24, 2.45) is 11.8 Å². The lowest BCUT2D eigenvalue weighted by atomic mass is 9.90. The molecule has 0 saturated carbocycles. The maximum absolute atomic E-state index is 12.8. The molecule has 2 aromatic rings. The molecule has 2 atom stereocenters. The van der Waals surface area contributed by atoms with E-state index < -0.39 is 0 Å². The molecule has 0 bridgehead atoms. The number of fused-ring (bicyclic) bond motifs is 1. The molecule has 3 aliphatic rings. The molecule has 1 amide bonds. The van der Waals surface area contributed by atoms with Gasteiger partial charge in [0.15, 0.2) is 0 Å². The summed E-state index contributed by atoms with van der Waals surface area (Å²) in [7, 11) is 0. The second kappa shape index (κ2) is 8.11. The van der Waals surface area contributed by atoms with Crippen LogP contribution in [-0.4, -0.2) is 53.4 Å². The van der Waals surface area contributed by atoms with Crippen molar-refractivity contribution in [2.75, 3.05) is 32.7 Å². The van der Waals surface area contributed by atoms with Crippen LogP contribution in [0.4, 0.5) is 0 Å². The van der Waals surface area contributed by atoms with E-state index in [4.69, 9.17) is 0 Å². The van der Waals surface area contributed by atoms with Gasteiger partial charge in [-0.3, -0.25) is 9.78 Å². The molecule has 5 rings (SSSR count). The van der Waals surface area contributed by atoms with Gasteiger partial charge >= 0.3 is 0 Å². The predicted octanol–water partition coefficient (Wildman–Crippen LogP) is 3.90. The number of allylic oxidation sites excluding steroid dienone is 1. The van der Waals surface area contributed by atoms with Crippen molar-refractivity contribution < 1.29 is 4.79 Å². The van der Waals surface area contributed by atoms with Gasteiger partial charge in [-0.15, -0.1) is 0 Å². The Labute approximate surface area is 173 Å². The topological polar surface area (TPSA) is 36.4 Å². The number of pyridine rings is 1. The SMILES string of the molecule is O=C(c1ccncc1)N1CC2CC=C(c3ccc(CCN4CCCC4)cc3)C2C1. The molecule has 3 heterocycles. The monoisotopic (exact) mass is 387 g/mol. The van der Waals surface area contributed by atoms with Gasteiger partial charge in [0, 0.05) is 43.5 Å². The summed E-state index contributed by atoms with van der Waals surface area (Å²) in [6, 6.07) is 12.8. The molecular formula is C25H29N3O. The van der Waals surface area contributed by atoms with Gasteiger partial charge in [0.1, 0.15) is 0 Å². The van der Waals surface area contributed by atoms with Crippen molar-refractivity contribution in [3.63, 3.8) is 0 Å². The van der Waals surface area contributed by atoms with Gasteiger partial charge < -0.3 is 9.80 Å². The standard InChI is InChI=1S/C25H29N3O/c29-25(21-9-12-26-13-10-21)28-17-22-7-8-23(24(22)18-28)20-5-3-19(4-6-20)11-16-27-14-1-2-15-27/h3-6,8-10,12-13,22,24H,1-2,7,11,14-18H2. The molecule has 2 aliphatic heterocycles. The largest absolute Gasteiger partial charge is 0.338 e. The van der Waals surface area contributed by atoms with Gasteiger partial charge in [0.05, 0.1) is 0 Å². The number of aromatic nitrogens is 1. The first-order valence-electron chi connectivity index (χ1n) is 11.0. The number of benzene rings is 1. The number of amides is 1. The minimum absolute atomic E-state index is 0.137. The second-order valence-electron chi connectivity index (χ2n) is 8.70. The average Bonchev–Trinajstić information content (AvgIpc) is 3.50. The van der Waals surface area contributed by atoms with E-state index in [9.17, 15) is 4.79 Å². The molecule has 0 spiro atoms. The van der Waals surface area contributed by atoms with E-state index >= 15 is 0 Å². The Morgan fingerprint density at radius 3 is 2.52 bits per heavy atom. The maximum Gasteiger partial charge on any atom is 0.253 e. The van der Waals surface area contributed by atoms with Crippen molar-refractivity contribution in [3.8, 4) is 0 Å². The summed E-state index contributed by atoms with van der Waals surface area (Å²) < 4.78 is 0. The summed E-state index contributed by atoms with van der Waals surface area (Å²) in [6.07, 6.45) is 10.7. The molecule has 1 aromatic carbocycles. The van der Waals surface area contributed by atoms with E-state index in [-0.39, 0.29) is 5.91 Å². The van der Waals surface area contributed by atoms with E-state index in [1.807, 2.05) is 17.0 Å². The highest BCUT2D eigenvalue weighted by atomic mass is 16.2. The predicted molar refractivity (Wildman–Crippen MR) is 116 cm³/mol. The van der Waals surface area contributed by atoms with Crippen LogP contribution in [0.3, 0.4) is 0 Å². The first-order chi connectivity index (χ1) is 14.3. The van der Waals surface area contributed by atoms with Crippen LogP contribution < -0.4 is 0 Å². The molecule has 2 saturated heterocycles. The van der Waals surface area contributed by atoms with Crippen LogP contribution in [0.15, 0.2) is 54.9 Å². The van der Waals surface area contributed by atoms with Crippen LogP contribution in [-0.2, 0) is 6.42 Å². The highest BCUT2D eigenvalue weighted by molar-refractivity contribution is 5.94. The van der Waals surface area contributed by atoms with Gasteiger partial charge in [-0.25, -0.2) is 0 Å². The minimum Gasteiger partial charge on any atom is -0.338 e. The summed E-state index contributed by atoms with van der Waals surface area (Å²) in [4.78, 5) is 21.4. The van der Waals surface area contributed by atoms with Crippen molar-refractivity contribution in [3.05, 3.63) is 71.6 Å². The van der Waals surface area contributed by atoms with Crippen LogP contribution >= 0.6 is 0 Å². The molecule has 1 aliphatic carbocycles. The summed E-state index contributed by atoms with van der Waals surface area (Å²) in [5, 5.41) is 0. The van der Waals surface area contributed by atoms with Crippen LogP contribution in [0.25, 0.3) is 5.57 Å². The van der Waals surface area contributed by atoms with Crippen molar-refractivity contribution in [2.45, 2.75) is 25.7 Å². The summed E-state index contributed by atoms with van der Waals surface area (Å²) >= 11 is 0. The third-order valence-electron chi connectivity index (χ3n) is 6.90. The fourth-order valence-corrected chi connectivity index (χ4v) is 5.22. The number of likely N-dealkylation sites (tertiary alicyclic amines) is 2. The molecule has 150 valence electrons. The molecule has 4 heteroatoms. The van der Waals surface area contributed by atoms with Gasteiger partial charge in [-0.05, 0) is 73.5 Å². The Kier molecular flexibility index (Phi) is 5.19. The zero-order chi connectivity index (χ0) is 19.6.